The van der Waals surface area contributed by atoms with Gasteiger partial charge in [-0.3, -0.25) is 9.83 Å². The number of anilines is 1. The molecule has 0 aliphatic heterocycles. The molecular weight excluding hydrogens is 238 g/mol. The maximum absolute atomic E-state index is 4.47. The summed E-state index contributed by atoms with van der Waals surface area (Å²) in [5.41, 5.74) is 5.71. The molecule has 0 atom stereocenters. The van der Waals surface area contributed by atoms with Crippen molar-refractivity contribution in [3.63, 3.8) is 0 Å². The molecule has 0 radical (unpaired) electrons. The fraction of sp³-hybridized carbons (Fsp3) is 0.0714. The van der Waals surface area contributed by atoms with Crippen LogP contribution in [0.2, 0.25) is 0 Å². The predicted molar refractivity (Wildman–Crippen MR) is 75.4 cm³/mol. The van der Waals surface area contributed by atoms with Gasteiger partial charge in [-0.1, -0.05) is 12.1 Å². The van der Waals surface area contributed by atoms with E-state index in [-0.39, 0.29) is 0 Å². The lowest BCUT2D eigenvalue weighted by Crippen LogP contribution is -1.96. The first-order chi connectivity index (χ1) is 9.34. The number of imidazole rings is 1. The van der Waals surface area contributed by atoms with Gasteiger partial charge in [-0.05, 0) is 31.2 Å². The van der Waals surface area contributed by atoms with Gasteiger partial charge in [-0.2, -0.15) is 5.10 Å². The predicted octanol–water partition coefficient (Wildman–Crippen LogP) is 2.48. The molecule has 3 aromatic rings. The highest BCUT2D eigenvalue weighted by Gasteiger charge is 2.04. The van der Waals surface area contributed by atoms with Crippen molar-refractivity contribution in [3.05, 3.63) is 60.2 Å². The summed E-state index contributed by atoms with van der Waals surface area (Å²) in [7, 11) is 0. The second-order valence-electron chi connectivity index (χ2n) is 4.10. The van der Waals surface area contributed by atoms with Gasteiger partial charge < -0.3 is 0 Å². The van der Waals surface area contributed by atoms with Crippen LogP contribution in [0.25, 0.3) is 5.65 Å². The molecule has 3 rings (SSSR count). The highest BCUT2D eigenvalue weighted by Crippen LogP contribution is 2.09. The number of rotatable bonds is 3. The van der Waals surface area contributed by atoms with Crippen molar-refractivity contribution in [1.29, 1.82) is 0 Å². The van der Waals surface area contributed by atoms with Crippen molar-refractivity contribution in [2.45, 2.75) is 6.92 Å². The van der Waals surface area contributed by atoms with Gasteiger partial charge in [0.15, 0.2) is 0 Å². The minimum absolute atomic E-state index is 0.713. The molecule has 0 unspecified atom stereocenters. The van der Waals surface area contributed by atoms with Crippen LogP contribution in [0.1, 0.15) is 11.4 Å². The Balaban J connectivity index is 1.87. The second kappa shape index (κ2) is 4.89. The van der Waals surface area contributed by atoms with Crippen molar-refractivity contribution in [2.75, 3.05) is 5.43 Å². The number of pyridine rings is 2. The number of hydrogen-bond donors (Lipinski definition) is 1. The molecule has 0 aliphatic rings. The summed E-state index contributed by atoms with van der Waals surface area (Å²) in [6.07, 6.45) is 5.44. The highest BCUT2D eigenvalue weighted by molar-refractivity contribution is 5.81. The van der Waals surface area contributed by atoms with Crippen LogP contribution < -0.4 is 5.43 Å². The average molecular weight is 251 g/mol. The van der Waals surface area contributed by atoms with E-state index in [0.717, 1.165) is 17.0 Å². The zero-order chi connectivity index (χ0) is 13.1. The second-order valence-corrected chi connectivity index (χ2v) is 4.10. The van der Waals surface area contributed by atoms with Crippen LogP contribution in [-0.4, -0.2) is 20.6 Å². The minimum atomic E-state index is 0.713. The normalized spacial score (nSPS) is 11.2. The van der Waals surface area contributed by atoms with E-state index >= 15 is 0 Å². The van der Waals surface area contributed by atoms with Crippen molar-refractivity contribution in [2.24, 2.45) is 5.10 Å². The maximum atomic E-state index is 4.47. The first kappa shape index (κ1) is 11.4. The molecule has 0 fully saturated rings. The monoisotopic (exact) mass is 251 g/mol. The number of hydrazone groups is 1. The van der Waals surface area contributed by atoms with Crippen LogP contribution in [0.15, 0.2) is 53.9 Å². The fourth-order valence-corrected chi connectivity index (χ4v) is 1.88. The standard InChI is InChI=1S/C14H13N5/c1-11-12(19-9-5-3-7-14(19)17-11)10-16-18-13-6-2-4-8-15-13/h2-10H,1H3,(H,15,18)/b16-10+. The Morgan fingerprint density at radius 3 is 2.95 bits per heavy atom. The van der Waals surface area contributed by atoms with Gasteiger partial charge in [0.2, 0.25) is 0 Å². The molecule has 0 amide bonds. The third-order valence-electron chi connectivity index (χ3n) is 2.78. The maximum Gasteiger partial charge on any atom is 0.146 e. The van der Waals surface area contributed by atoms with Crippen LogP contribution >= 0.6 is 0 Å². The van der Waals surface area contributed by atoms with Crippen molar-refractivity contribution < 1.29 is 0 Å². The van der Waals surface area contributed by atoms with E-state index in [4.69, 9.17) is 0 Å². The van der Waals surface area contributed by atoms with E-state index < -0.39 is 0 Å². The van der Waals surface area contributed by atoms with E-state index in [1.165, 1.54) is 0 Å². The van der Waals surface area contributed by atoms with Gasteiger partial charge in [0.25, 0.3) is 0 Å². The molecule has 19 heavy (non-hydrogen) atoms. The zero-order valence-electron chi connectivity index (χ0n) is 10.5. The summed E-state index contributed by atoms with van der Waals surface area (Å²) < 4.78 is 2.00. The first-order valence-corrected chi connectivity index (χ1v) is 5.98. The van der Waals surface area contributed by atoms with Crippen LogP contribution in [-0.2, 0) is 0 Å². The van der Waals surface area contributed by atoms with E-state index in [9.17, 15) is 0 Å². The molecule has 0 aromatic carbocycles. The molecule has 0 saturated carbocycles. The molecule has 5 nitrogen and oxygen atoms in total. The van der Waals surface area contributed by atoms with Gasteiger partial charge in [0.05, 0.1) is 17.6 Å². The molecule has 0 saturated heterocycles. The number of nitrogens with one attached hydrogen (secondary N) is 1. The molecule has 1 N–H and O–H groups in total. The fourth-order valence-electron chi connectivity index (χ4n) is 1.88. The van der Waals surface area contributed by atoms with Crippen LogP contribution in [0.5, 0.6) is 0 Å². The Bertz CT molecular complexity index is 715. The molecule has 0 spiro atoms. The topological polar surface area (TPSA) is 54.6 Å². The number of nitrogens with zero attached hydrogens (tertiary/aromatic N) is 4. The Hall–Kier alpha value is -2.69. The molecule has 3 aromatic heterocycles. The number of aryl methyl sites for hydroxylation is 1. The van der Waals surface area contributed by atoms with E-state index in [1.54, 1.807) is 12.4 Å². The van der Waals surface area contributed by atoms with Gasteiger partial charge in [-0.25, -0.2) is 9.97 Å². The molecule has 0 aliphatic carbocycles. The Morgan fingerprint density at radius 1 is 1.21 bits per heavy atom. The SMILES string of the molecule is Cc1nc2ccccn2c1/C=N/Nc1ccccn1. The summed E-state index contributed by atoms with van der Waals surface area (Å²) in [5, 5.41) is 4.20. The van der Waals surface area contributed by atoms with Crippen LogP contribution in [0, 0.1) is 6.92 Å². The van der Waals surface area contributed by atoms with E-state index in [1.807, 2.05) is 53.9 Å². The summed E-state index contributed by atoms with van der Waals surface area (Å²) in [4.78, 5) is 8.60. The number of aromatic nitrogens is 3. The van der Waals surface area contributed by atoms with Crippen LogP contribution in [0.3, 0.4) is 0 Å². The average Bonchev–Trinajstić information content (AvgIpc) is 2.76. The minimum Gasteiger partial charge on any atom is -0.298 e. The molecule has 0 bridgehead atoms. The highest BCUT2D eigenvalue weighted by atomic mass is 15.3. The summed E-state index contributed by atoms with van der Waals surface area (Å²) in [6.45, 7) is 1.97. The summed E-state index contributed by atoms with van der Waals surface area (Å²) in [5.74, 6) is 0.713. The third-order valence-corrected chi connectivity index (χ3v) is 2.78. The Morgan fingerprint density at radius 2 is 2.11 bits per heavy atom. The lowest BCUT2D eigenvalue weighted by Gasteiger charge is -1.98. The number of fused-ring (bicyclic) bond motifs is 1. The smallest absolute Gasteiger partial charge is 0.146 e. The van der Waals surface area contributed by atoms with E-state index in [2.05, 4.69) is 20.5 Å². The largest absolute Gasteiger partial charge is 0.298 e. The summed E-state index contributed by atoms with van der Waals surface area (Å²) >= 11 is 0. The van der Waals surface area contributed by atoms with Gasteiger partial charge in [0.1, 0.15) is 11.5 Å². The Kier molecular flexibility index (Phi) is 2.94. The third kappa shape index (κ3) is 2.30. The summed E-state index contributed by atoms with van der Waals surface area (Å²) in [6, 6.07) is 11.5. The zero-order valence-corrected chi connectivity index (χ0v) is 10.5. The van der Waals surface area contributed by atoms with Crippen molar-refractivity contribution >= 4 is 17.7 Å². The van der Waals surface area contributed by atoms with E-state index in [0.29, 0.717) is 5.82 Å². The molecular formula is C14H13N5. The first-order valence-electron chi connectivity index (χ1n) is 5.98. The van der Waals surface area contributed by atoms with Crippen molar-refractivity contribution in [1.82, 2.24) is 14.4 Å². The number of hydrogen-bond acceptors (Lipinski definition) is 4. The van der Waals surface area contributed by atoms with Gasteiger partial charge in [0, 0.05) is 12.4 Å². The van der Waals surface area contributed by atoms with Gasteiger partial charge in [-0.15, -0.1) is 0 Å². The Labute approximate surface area is 110 Å². The van der Waals surface area contributed by atoms with Crippen LogP contribution in [0.4, 0.5) is 5.82 Å². The molecule has 5 heteroatoms. The quantitative estimate of drug-likeness (QED) is 0.574. The lowest BCUT2D eigenvalue weighted by molar-refractivity contribution is 1.16. The molecule has 3 heterocycles. The lowest BCUT2D eigenvalue weighted by atomic mass is 10.4. The van der Waals surface area contributed by atoms with Crippen molar-refractivity contribution in [3.8, 4) is 0 Å². The van der Waals surface area contributed by atoms with Gasteiger partial charge >= 0.3 is 0 Å². The molecule has 94 valence electrons.